The summed E-state index contributed by atoms with van der Waals surface area (Å²) in [6.45, 7) is 2.23. The third-order valence-corrected chi connectivity index (χ3v) is 7.46. The topological polar surface area (TPSA) is 96.1 Å². The fourth-order valence-electron chi connectivity index (χ4n) is 4.39. The number of likely N-dealkylation sites (N-methyl/N-ethyl adjacent to an activating group) is 1. The van der Waals surface area contributed by atoms with E-state index in [9.17, 15) is 4.79 Å². The third-order valence-electron chi connectivity index (χ3n) is 6.13. The van der Waals surface area contributed by atoms with E-state index in [4.69, 9.17) is 33.0 Å². The highest BCUT2D eigenvalue weighted by Crippen LogP contribution is 2.38. The van der Waals surface area contributed by atoms with E-state index in [0.717, 1.165) is 10.7 Å². The summed E-state index contributed by atoms with van der Waals surface area (Å²) in [6.07, 6.45) is 0.496. The highest BCUT2D eigenvalue weighted by atomic mass is 35.5. The van der Waals surface area contributed by atoms with Crippen molar-refractivity contribution in [3.63, 3.8) is 0 Å². The van der Waals surface area contributed by atoms with E-state index in [1.54, 1.807) is 45.6 Å². The first kappa shape index (κ1) is 25.7. The minimum Gasteiger partial charge on any atom is -0.481 e. The Hall–Kier alpha value is -2.99. The van der Waals surface area contributed by atoms with Crippen LogP contribution < -0.4 is 9.64 Å². The number of rotatable bonds is 7. The maximum absolute atomic E-state index is 15.2. The van der Waals surface area contributed by atoms with Crippen LogP contribution in [0.3, 0.4) is 0 Å². The number of aromatic nitrogens is 4. The van der Waals surface area contributed by atoms with Crippen LogP contribution in [-0.4, -0.2) is 68.8 Å². The first-order chi connectivity index (χ1) is 17.8. The molecule has 1 N–H and O–H groups in total. The van der Waals surface area contributed by atoms with Crippen molar-refractivity contribution in [2.24, 2.45) is 0 Å². The molecule has 1 aliphatic rings. The Balaban J connectivity index is 1.44. The molecule has 0 aliphatic carbocycles. The summed E-state index contributed by atoms with van der Waals surface area (Å²) in [4.78, 5) is 26.4. The summed E-state index contributed by atoms with van der Waals surface area (Å²) in [5, 5.41) is 14.8. The van der Waals surface area contributed by atoms with Crippen LogP contribution in [-0.2, 0) is 11.2 Å². The molecule has 0 saturated heterocycles. The number of amides is 1. The Labute approximate surface area is 226 Å². The van der Waals surface area contributed by atoms with E-state index >= 15 is 4.39 Å². The molecule has 1 amide bonds. The summed E-state index contributed by atoms with van der Waals surface area (Å²) < 4.78 is 22.6. The molecule has 3 aromatic heterocycles. The van der Waals surface area contributed by atoms with Crippen LogP contribution >= 0.6 is 34.5 Å². The van der Waals surface area contributed by atoms with Crippen LogP contribution in [0.25, 0.3) is 4.96 Å². The highest BCUT2D eigenvalue weighted by molar-refractivity contribution is 7.16. The zero-order valence-corrected chi connectivity index (χ0v) is 22.3. The van der Waals surface area contributed by atoms with Gasteiger partial charge < -0.3 is 19.6 Å². The average Bonchev–Trinajstić information content (AvgIpc) is 3.38. The first-order valence-corrected chi connectivity index (χ1v) is 13.0. The lowest BCUT2D eigenvalue weighted by Gasteiger charge is -2.35. The molecule has 1 aromatic carbocycles. The molecule has 0 fully saturated rings. The number of imidazole rings is 1. The van der Waals surface area contributed by atoms with Gasteiger partial charge in [-0.2, -0.15) is 5.10 Å². The monoisotopic (exact) mass is 564 g/mol. The number of benzene rings is 1. The number of nitrogens with zero attached hydrogens (tertiary/aromatic N) is 6. The Morgan fingerprint density at radius 2 is 2.11 bits per heavy atom. The number of carbonyl (C=O) groups excluding carboxylic acids is 1. The molecule has 0 saturated carbocycles. The number of aryl methyl sites for hydroxylation is 1. The molecule has 4 aromatic rings. The highest BCUT2D eigenvalue weighted by Gasteiger charge is 2.38. The van der Waals surface area contributed by atoms with Crippen molar-refractivity contribution in [1.82, 2.24) is 24.5 Å². The van der Waals surface area contributed by atoms with Crippen molar-refractivity contribution in [1.29, 1.82) is 0 Å². The molecular weight excluding hydrogens is 542 g/mol. The molecule has 0 spiro atoms. The predicted octanol–water partition coefficient (Wildman–Crippen LogP) is 3.92. The quantitative estimate of drug-likeness (QED) is 0.340. The van der Waals surface area contributed by atoms with Crippen molar-refractivity contribution in [3.8, 4) is 5.75 Å². The second kappa shape index (κ2) is 10.4. The van der Waals surface area contributed by atoms with Gasteiger partial charge in [0.1, 0.15) is 22.7 Å². The number of anilines is 1. The molecule has 37 heavy (non-hydrogen) atoms. The molecule has 1 aliphatic heterocycles. The normalized spacial score (nSPS) is 15.2. The number of aliphatic hydroxyl groups excluding tert-OH is 1. The van der Waals surface area contributed by atoms with Crippen molar-refractivity contribution in [2.45, 2.75) is 19.4 Å². The molecule has 9 nitrogen and oxygen atoms in total. The predicted molar refractivity (Wildman–Crippen MR) is 139 cm³/mol. The summed E-state index contributed by atoms with van der Waals surface area (Å²) in [5.41, 5.74) is 1.72. The van der Waals surface area contributed by atoms with E-state index in [0.29, 0.717) is 41.5 Å². The number of hydrogen-bond donors (Lipinski definition) is 1. The lowest BCUT2D eigenvalue weighted by molar-refractivity contribution is -0.135. The number of halogens is 3. The van der Waals surface area contributed by atoms with Gasteiger partial charge in [-0.3, -0.25) is 4.79 Å². The van der Waals surface area contributed by atoms with Gasteiger partial charge in [0.05, 0.1) is 18.0 Å². The van der Waals surface area contributed by atoms with E-state index in [1.165, 1.54) is 17.4 Å². The molecule has 5 rings (SSSR count). The average molecular weight is 565 g/mol. The minimum absolute atomic E-state index is 0.0283. The van der Waals surface area contributed by atoms with Gasteiger partial charge in [-0.1, -0.05) is 40.6 Å². The van der Waals surface area contributed by atoms with Crippen LogP contribution in [0.4, 0.5) is 10.2 Å². The van der Waals surface area contributed by atoms with Gasteiger partial charge in [0, 0.05) is 37.1 Å². The van der Waals surface area contributed by atoms with Gasteiger partial charge in [0.15, 0.2) is 17.5 Å². The van der Waals surface area contributed by atoms with Crippen LogP contribution in [0.5, 0.6) is 5.75 Å². The SMILES string of the molecule is Cc1nn2c3c(nc2s1)CCN(C(=O)COc1ccc(N(C)CCO)nc1Cl)C3c1ccc(Cl)cc1F. The van der Waals surface area contributed by atoms with Gasteiger partial charge in [0.2, 0.25) is 4.96 Å². The van der Waals surface area contributed by atoms with E-state index < -0.39 is 11.9 Å². The minimum atomic E-state index is -0.767. The molecule has 0 radical (unpaired) electrons. The van der Waals surface area contributed by atoms with Crippen LogP contribution in [0.2, 0.25) is 10.2 Å². The largest absolute Gasteiger partial charge is 0.481 e. The number of hydrogen-bond acceptors (Lipinski definition) is 8. The standard InChI is InChI=1S/C24H23Cl2FN6O3S/c1-13-30-33-22-17(28-24(33)37-13)7-8-32(21(22)15-4-3-14(25)11-16(15)27)20(35)12-36-18-5-6-19(29-23(18)26)31(2)9-10-34/h3-6,11,21,34H,7-10,12H2,1-2H3. The number of ether oxygens (including phenoxy) is 1. The second-order valence-corrected chi connectivity index (χ2v) is 10.5. The Morgan fingerprint density at radius 3 is 2.84 bits per heavy atom. The van der Waals surface area contributed by atoms with Crippen LogP contribution in [0.1, 0.15) is 28.0 Å². The maximum atomic E-state index is 15.2. The zero-order chi connectivity index (χ0) is 26.3. The van der Waals surface area contributed by atoms with E-state index in [-0.39, 0.29) is 35.0 Å². The van der Waals surface area contributed by atoms with Crippen molar-refractivity contribution >= 4 is 51.2 Å². The molecule has 194 valence electrons. The fraction of sp³-hybridized carbons (Fsp3) is 0.333. The number of carbonyl (C=O) groups is 1. The molecule has 1 unspecified atom stereocenters. The van der Waals surface area contributed by atoms with E-state index in [2.05, 4.69) is 15.1 Å². The van der Waals surface area contributed by atoms with Crippen LogP contribution in [0, 0.1) is 12.7 Å². The lowest BCUT2D eigenvalue weighted by atomic mass is 9.95. The maximum Gasteiger partial charge on any atom is 0.261 e. The Morgan fingerprint density at radius 1 is 1.30 bits per heavy atom. The van der Waals surface area contributed by atoms with Gasteiger partial charge in [-0.25, -0.2) is 18.9 Å². The summed E-state index contributed by atoms with van der Waals surface area (Å²) >= 11 is 13.7. The summed E-state index contributed by atoms with van der Waals surface area (Å²) in [5.74, 6) is -0.0851. The van der Waals surface area contributed by atoms with Gasteiger partial charge >= 0.3 is 0 Å². The molecule has 1 atom stereocenters. The van der Waals surface area contributed by atoms with Gasteiger partial charge in [-0.05, 0) is 31.2 Å². The Bertz CT molecular complexity index is 1480. The molecule has 13 heteroatoms. The summed E-state index contributed by atoms with van der Waals surface area (Å²) in [7, 11) is 1.77. The third kappa shape index (κ3) is 4.96. The van der Waals surface area contributed by atoms with Crippen LogP contribution in [0.15, 0.2) is 30.3 Å². The van der Waals surface area contributed by atoms with E-state index in [1.807, 2.05) is 6.92 Å². The number of pyridine rings is 1. The van der Waals surface area contributed by atoms with Gasteiger partial charge in [-0.15, -0.1) is 0 Å². The zero-order valence-electron chi connectivity index (χ0n) is 20.0. The second-order valence-electron chi connectivity index (χ2n) is 8.56. The molecule has 0 bridgehead atoms. The van der Waals surface area contributed by atoms with Gasteiger partial charge in [0.25, 0.3) is 5.91 Å². The summed E-state index contributed by atoms with van der Waals surface area (Å²) in [6, 6.07) is 6.95. The molecule has 4 heterocycles. The van der Waals surface area contributed by atoms with Crippen molar-refractivity contribution in [2.75, 3.05) is 38.3 Å². The van der Waals surface area contributed by atoms with Crippen molar-refractivity contribution < 1.29 is 19.0 Å². The lowest BCUT2D eigenvalue weighted by Crippen LogP contribution is -2.43. The molecular formula is C24H23Cl2FN6O3S. The number of fused-ring (bicyclic) bond motifs is 3. The first-order valence-electron chi connectivity index (χ1n) is 11.5. The fourth-order valence-corrected chi connectivity index (χ4v) is 5.52. The van der Waals surface area contributed by atoms with Crippen molar-refractivity contribution in [3.05, 3.63) is 68.3 Å². The smallest absolute Gasteiger partial charge is 0.261 e. The Kier molecular flexibility index (Phi) is 7.21. The number of aliphatic hydroxyl groups is 1.